The Kier molecular flexibility index (Phi) is 5.53. The van der Waals surface area contributed by atoms with Crippen molar-refractivity contribution in [3.05, 3.63) is 54.0 Å². The van der Waals surface area contributed by atoms with Crippen LogP contribution in [0.4, 0.5) is 5.82 Å². The number of hydrogen-bond donors (Lipinski definition) is 0. The molecular formula is C21H24N4O3. The minimum atomic E-state index is 0.270. The molecule has 2 aromatic heterocycles. The average molecular weight is 380 g/mol. The van der Waals surface area contributed by atoms with Crippen LogP contribution in [0.2, 0.25) is 0 Å². The summed E-state index contributed by atoms with van der Waals surface area (Å²) in [7, 11) is 3.42. The van der Waals surface area contributed by atoms with Crippen LogP contribution in [0.3, 0.4) is 0 Å². The smallest absolute Gasteiger partial charge is 0.259 e. The van der Waals surface area contributed by atoms with Crippen LogP contribution < -0.4 is 9.64 Å². The molecule has 28 heavy (non-hydrogen) atoms. The van der Waals surface area contributed by atoms with Crippen molar-refractivity contribution < 1.29 is 14.0 Å². The third-order valence-corrected chi connectivity index (χ3v) is 5.02. The quantitative estimate of drug-likeness (QED) is 0.649. The molecule has 146 valence electrons. The fourth-order valence-corrected chi connectivity index (χ4v) is 3.41. The predicted octanol–water partition coefficient (Wildman–Crippen LogP) is 3.35. The zero-order valence-corrected chi connectivity index (χ0v) is 16.2. The number of benzene rings is 1. The summed E-state index contributed by atoms with van der Waals surface area (Å²) in [5.41, 5.74) is 1.91. The first kappa shape index (κ1) is 18.4. The van der Waals surface area contributed by atoms with Gasteiger partial charge in [0.05, 0.1) is 18.8 Å². The zero-order valence-electron chi connectivity index (χ0n) is 16.2. The Hall–Kier alpha value is -2.93. The Morgan fingerprint density at radius 3 is 2.71 bits per heavy atom. The van der Waals surface area contributed by atoms with E-state index in [9.17, 15) is 0 Å². The molecule has 0 radical (unpaired) electrons. The van der Waals surface area contributed by atoms with Gasteiger partial charge in [0, 0.05) is 32.8 Å². The molecule has 3 aromatic rings. The second-order valence-corrected chi connectivity index (χ2v) is 6.89. The van der Waals surface area contributed by atoms with E-state index in [0.717, 1.165) is 48.6 Å². The number of methoxy groups -OCH3 is 2. The number of rotatable bonds is 6. The minimum Gasteiger partial charge on any atom is -0.497 e. The van der Waals surface area contributed by atoms with E-state index in [0.29, 0.717) is 18.1 Å². The summed E-state index contributed by atoms with van der Waals surface area (Å²) in [4.78, 5) is 11.3. The van der Waals surface area contributed by atoms with Gasteiger partial charge in [-0.2, -0.15) is 4.98 Å². The molecule has 1 aliphatic heterocycles. The Labute approximate surface area is 164 Å². The summed E-state index contributed by atoms with van der Waals surface area (Å²) in [6.07, 6.45) is 4.87. The average Bonchev–Trinajstić information content (AvgIpc) is 3.23. The van der Waals surface area contributed by atoms with Crippen molar-refractivity contribution in [2.24, 2.45) is 0 Å². The van der Waals surface area contributed by atoms with Crippen LogP contribution >= 0.6 is 0 Å². The molecule has 0 amide bonds. The molecule has 1 fully saturated rings. The van der Waals surface area contributed by atoms with Gasteiger partial charge >= 0.3 is 0 Å². The standard InChI is InChI=1S/C21H24N4O3/c1-26-17-8-5-15(6-9-17)12-19-23-21(28-24-19)16-7-10-20(22-13-16)25-11-3-4-18(14-25)27-2/h5-10,13,18H,3-4,11-12,14H2,1-2H3/t18-/m0/s1. The lowest BCUT2D eigenvalue weighted by molar-refractivity contribution is 0.0891. The lowest BCUT2D eigenvalue weighted by Gasteiger charge is -2.32. The number of hydrogen-bond acceptors (Lipinski definition) is 7. The van der Waals surface area contributed by atoms with Crippen molar-refractivity contribution in [2.45, 2.75) is 25.4 Å². The molecule has 1 saturated heterocycles. The fourth-order valence-electron chi connectivity index (χ4n) is 3.41. The largest absolute Gasteiger partial charge is 0.497 e. The lowest BCUT2D eigenvalue weighted by atomic mass is 10.1. The van der Waals surface area contributed by atoms with Gasteiger partial charge in [0.15, 0.2) is 5.82 Å². The maximum Gasteiger partial charge on any atom is 0.259 e. The summed E-state index contributed by atoms with van der Waals surface area (Å²) >= 11 is 0. The van der Waals surface area contributed by atoms with Crippen molar-refractivity contribution in [3.63, 3.8) is 0 Å². The molecular weight excluding hydrogens is 356 g/mol. The maximum absolute atomic E-state index is 5.49. The van der Waals surface area contributed by atoms with Crippen molar-refractivity contribution in [3.8, 4) is 17.2 Å². The molecule has 4 rings (SSSR count). The van der Waals surface area contributed by atoms with Crippen LogP contribution in [-0.4, -0.2) is 48.5 Å². The van der Waals surface area contributed by atoms with Gasteiger partial charge in [-0.15, -0.1) is 0 Å². The normalized spacial score (nSPS) is 16.9. The summed E-state index contributed by atoms with van der Waals surface area (Å²) in [5, 5.41) is 4.09. The zero-order chi connectivity index (χ0) is 19.3. The molecule has 3 heterocycles. The van der Waals surface area contributed by atoms with E-state index in [2.05, 4.69) is 20.0 Å². The molecule has 0 unspecified atom stereocenters. The number of aromatic nitrogens is 3. The van der Waals surface area contributed by atoms with Crippen LogP contribution in [0.1, 0.15) is 24.2 Å². The molecule has 0 bridgehead atoms. The Morgan fingerprint density at radius 2 is 2.00 bits per heavy atom. The molecule has 7 nitrogen and oxygen atoms in total. The Bertz CT molecular complexity index is 893. The van der Waals surface area contributed by atoms with Gasteiger partial charge in [-0.3, -0.25) is 0 Å². The minimum absolute atomic E-state index is 0.270. The summed E-state index contributed by atoms with van der Waals surface area (Å²) in [5.74, 6) is 2.90. The van der Waals surface area contributed by atoms with E-state index in [-0.39, 0.29) is 6.10 Å². The lowest BCUT2D eigenvalue weighted by Crippen LogP contribution is -2.39. The van der Waals surface area contributed by atoms with Crippen LogP contribution in [0.5, 0.6) is 5.75 Å². The van der Waals surface area contributed by atoms with E-state index < -0.39 is 0 Å². The van der Waals surface area contributed by atoms with Crippen molar-refractivity contribution >= 4 is 5.82 Å². The molecule has 0 N–H and O–H groups in total. The van der Waals surface area contributed by atoms with E-state index in [1.54, 1.807) is 20.4 Å². The second kappa shape index (κ2) is 8.39. The summed E-state index contributed by atoms with van der Waals surface area (Å²) in [6.45, 7) is 1.87. The molecule has 1 aliphatic rings. The van der Waals surface area contributed by atoms with Gasteiger partial charge in [-0.1, -0.05) is 17.3 Å². The molecule has 7 heteroatoms. The highest BCUT2D eigenvalue weighted by Crippen LogP contribution is 2.23. The van der Waals surface area contributed by atoms with E-state index in [1.807, 2.05) is 36.4 Å². The van der Waals surface area contributed by atoms with Crippen LogP contribution in [0.15, 0.2) is 47.1 Å². The van der Waals surface area contributed by atoms with Crippen molar-refractivity contribution in [1.29, 1.82) is 0 Å². The number of anilines is 1. The second-order valence-electron chi connectivity index (χ2n) is 6.89. The monoisotopic (exact) mass is 380 g/mol. The SMILES string of the molecule is COc1ccc(Cc2noc(-c3ccc(N4CCC[C@H](OC)C4)nc3)n2)cc1. The molecule has 1 aromatic carbocycles. The highest BCUT2D eigenvalue weighted by molar-refractivity contribution is 5.55. The van der Waals surface area contributed by atoms with Crippen LogP contribution in [0, 0.1) is 0 Å². The third-order valence-electron chi connectivity index (χ3n) is 5.02. The molecule has 0 saturated carbocycles. The first-order chi connectivity index (χ1) is 13.7. The highest BCUT2D eigenvalue weighted by atomic mass is 16.5. The highest BCUT2D eigenvalue weighted by Gasteiger charge is 2.20. The molecule has 0 aliphatic carbocycles. The van der Waals surface area contributed by atoms with Gasteiger partial charge in [-0.25, -0.2) is 4.98 Å². The number of pyridine rings is 1. The first-order valence-electron chi connectivity index (χ1n) is 9.45. The van der Waals surface area contributed by atoms with Gasteiger partial charge < -0.3 is 18.9 Å². The van der Waals surface area contributed by atoms with Gasteiger partial charge in [0.2, 0.25) is 0 Å². The van der Waals surface area contributed by atoms with Gasteiger partial charge in [0.25, 0.3) is 5.89 Å². The topological polar surface area (TPSA) is 73.5 Å². The fraction of sp³-hybridized carbons (Fsp3) is 0.381. The maximum atomic E-state index is 5.49. The van der Waals surface area contributed by atoms with Crippen molar-refractivity contribution in [2.75, 3.05) is 32.2 Å². The Balaban J connectivity index is 1.43. The van der Waals surface area contributed by atoms with Crippen LogP contribution in [-0.2, 0) is 11.2 Å². The molecule has 0 spiro atoms. The molecule has 1 atom stereocenters. The van der Waals surface area contributed by atoms with Gasteiger partial charge in [-0.05, 0) is 42.7 Å². The number of nitrogens with zero attached hydrogens (tertiary/aromatic N) is 4. The van der Waals surface area contributed by atoms with Gasteiger partial charge in [0.1, 0.15) is 11.6 Å². The number of ether oxygens (including phenoxy) is 2. The third kappa shape index (κ3) is 4.14. The Morgan fingerprint density at radius 1 is 1.14 bits per heavy atom. The predicted molar refractivity (Wildman–Crippen MR) is 106 cm³/mol. The van der Waals surface area contributed by atoms with E-state index in [1.165, 1.54) is 0 Å². The van der Waals surface area contributed by atoms with Crippen LogP contribution in [0.25, 0.3) is 11.5 Å². The first-order valence-corrected chi connectivity index (χ1v) is 9.45. The van der Waals surface area contributed by atoms with E-state index in [4.69, 9.17) is 14.0 Å². The summed E-state index contributed by atoms with van der Waals surface area (Å²) < 4.78 is 16.1. The van der Waals surface area contributed by atoms with Crippen molar-refractivity contribution in [1.82, 2.24) is 15.1 Å². The summed E-state index contributed by atoms with van der Waals surface area (Å²) in [6, 6.07) is 11.8. The van der Waals surface area contributed by atoms with E-state index >= 15 is 0 Å². The number of piperidine rings is 1.